The number of nitrogens with zero attached hydrogens (tertiary/aromatic N) is 3. The summed E-state index contributed by atoms with van der Waals surface area (Å²) in [5.41, 5.74) is 2.46. The van der Waals surface area contributed by atoms with Crippen molar-refractivity contribution in [2.24, 2.45) is 0 Å². The van der Waals surface area contributed by atoms with E-state index >= 15 is 0 Å². The summed E-state index contributed by atoms with van der Waals surface area (Å²) < 4.78 is 0. The second-order valence-electron chi connectivity index (χ2n) is 4.15. The predicted octanol–water partition coefficient (Wildman–Crippen LogP) is 3.14. The highest BCUT2D eigenvalue weighted by Crippen LogP contribution is 2.19. The first kappa shape index (κ1) is 11.3. The van der Waals surface area contributed by atoms with Crippen molar-refractivity contribution in [2.45, 2.75) is 19.8 Å². The third-order valence-corrected chi connectivity index (χ3v) is 2.48. The van der Waals surface area contributed by atoms with Crippen LogP contribution >= 0.6 is 0 Å². The van der Waals surface area contributed by atoms with E-state index in [0.29, 0.717) is 11.5 Å². The van der Waals surface area contributed by atoms with Crippen LogP contribution in [0.5, 0.6) is 0 Å². The van der Waals surface area contributed by atoms with E-state index in [9.17, 15) is 0 Å². The Morgan fingerprint density at radius 1 is 1.24 bits per heavy atom. The molecule has 0 amide bonds. The number of hydrogen-bond acceptors (Lipinski definition) is 3. The van der Waals surface area contributed by atoms with Gasteiger partial charge in [0, 0.05) is 17.7 Å². The van der Waals surface area contributed by atoms with Gasteiger partial charge in [-0.1, -0.05) is 26.0 Å². The third-order valence-electron chi connectivity index (χ3n) is 2.48. The van der Waals surface area contributed by atoms with Crippen molar-refractivity contribution in [3.05, 3.63) is 47.9 Å². The van der Waals surface area contributed by atoms with Crippen molar-refractivity contribution < 1.29 is 0 Å². The molecule has 17 heavy (non-hydrogen) atoms. The summed E-state index contributed by atoms with van der Waals surface area (Å²) in [4.78, 5) is 8.73. The fraction of sp³-hybridized carbons (Fsp3) is 0.214. The summed E-state index contributed by atoms with van der Waals surface area (Å²) in [6.45, 7) is 4.12. The molecule has 0 aliphatic carbocycles. The van der Waals surface area contributed by atoms with Gasteiger partial charge in [-0.25, -0.2) is 9.97 Å². The molecule has 0 aliphatic rings. The lowest BCUT2D eigenvalue weighted by atomic mass is 10.1. The third kappa shape index (κ3) is 2.48. The molecular weight excluding hydrogens is 210 g/mol. The Morgan fingerprint density at radius 3 is 2.76 bits per heavy atom. The van der Waals surface area contributed by atoms with E-state index in [0.717, 1.165) is 17.1 Å². The van der Waals surface area contributed by atoms with Gasteiger partial charge in [0.15, 0.2) is 0 Å². The van der Waals surface area contributed by atoms with Crippen molar-refractivity contribution in [3.8, 4) is 17.3 Å². The monoisotopic (exact) mass is 223 g/mol. The second kappa shape index (κ2) is 4.75. The first-order valence-corrected chi connectivity index (χ1v) is 5.54. The molecule has 2 rings (SSSR count). The highest BCUT2D eigenvalue weighted by Gasteiger charge is 2.05. The van der Waals surface area contributed by atoms with Crippen LogP contribution in [0.1, 0.15) is 31.2 Å². The van der Waals surface area contributed by atoms with Crippen LogP contribution in [0.2, 0.25) is 0 Å². The van der Waals surface area contributed by atoms with Gasteiger partial charge in [-0.2, -0.15) is 5.26 Å². The van der Waals surface area contributed by atoms with Gasteiger partial charge < -0.3 is 0 Å². The van der Waals surface area contributed by atoms with Gasteiger partial charge in [0.25, 0.3) is 0 Å². The zero-order valence-electron chi connectivity index (χ0n) is 9.88. The predicted molar refractivity (Wildman–Crippen MR) is 66.3 cm³/mol. The van der Waals surface area contributed by atoms with Crippen LogP contribution in [0.4, 0.5) is 0 Å². The molecule has 0 N–H and O–H groups in total. The summed E-state index contributed by atoms with van der Waals surface area (Å²) in [6, 6.07) is 11.4. The molecule has 1 heterocycles. The maximum Gasteiger partial charge on any atom is 0.131 e. The SMILES string of the molecule is CC(C)c1nccc(-c2cccc(C#N)c2)n1. The Kier molecular flexibility index (Phi) is 3.15. The molecule has 0 spiro atoms. The molecule has 84 valence electrons. The fourth-order valence-corrected chi connectivity index (χ4v) is 1.56. The van der Waals surface area contributed by atoms with E-state index in [2.05, 4.69) is 29.9 Å². The lowest BCUT2D eigenvalue weighted by molar-refractivity contribution is 0.776. The molecule has 0 radical (unpaired) electrons. The Labute approximate surface area is 101 Å². The van der Waals surface area contributed by atoms with Crippen LogP contribution in [0, 0.1) is 11.3 Å². The number of rotatable bonds is 2. The van der Waals surface area contributed by atoms with Crippen LogP contribution in [-0.2, 0) is 0 Å². The maximum absolute atomic E-state index is 8.87. The van der Waals surface area contributed by atoms with Crippen molar-refractivity contribution in [3.63, 3.8) is 0 Å². The summed E-state index contributed by atoms with van der Waals surface area (Å²) >= 11 is 0. The Hall–Kier alpha value is -2.21. The topological polar surface area (TPSA) is 49.6 Å². The second-order valence-corrected chi connectivity index (χ2v) is 4.15. The number of nitriles is 1. The van der Waals surface area contributed by atoms with Gasteiger partial charge in [-0.15, -0.1) is 0 Å². The minimum absolute atomic E-state index is 0.300. The normalized spacial score (nSPS) is 10.2. The van der Waals surface area contributed by atoms with Crippen molar-refractivity contribution >= 4 is 0 Å². The maximum atomic E-state index is 8.87. The first-order valence-electron chi connectivity index (χ1n) is 5.54. The molecule has 0 unspecified atom stereocenters. The minimum Gasteiger partial charge on any atom is -0.241 e. The molecule has 0 saturated carbocycles. The largest absolute Gasteiger partial charge is 0.241 e. The smallest absolute Gasteiger partial charge is 0.131 e. The van der Waals surface area contributed by atoms with Crippen molar-refractivity contribution in [1.82, 2.24) is 9.97 Å². The lowest BCUT2D eigenvalue weighted by Crippen LogP contribution is -1.98. The van der Waals surface area contributed by atoms with Gasteiger partial charge in [-0.05, 0) is 18.2 Å². The minimum atomic E-state index is 0.300. The number of aromatic nitrogens is 2. The van der Waals surface area contributed by atoms with Gasteiger partial charge in [-0.3, -0.25) is 0 Å². The molecule has 1 aromatic carbocycles. The molecule has 1 aromatic heterocycles. The van der Waals surface area contributed by atoms with Crippen molar-refractivity contribution in [1.29, 1.82) is 5.26 Å². The van der Waals surface area contributed by atoms with Crippen LogP contribution in [0.15, 0.2) is 36.5 Å². The Balaban J connectivity index is 2.46. The average Bonchev–Trinajstić information content (AvgIpc) is 2.39. The molecule has 3 nitrogen and oxygen atoms in total. The highest BCUT2D eigenvalue weighted by atomic mass is 14.9. The molecule has 0 aliphatic heterocycles. The van der Waals surface area contributed by atoms with E-state index in [1.54, 1.807) is 12.3 Å². The highest BCUT2D eigenvalue weighted by molar-refractivity contribution is 5.60. The van der Waals surface area contributed by atoms with Gasteiger partial charge in [0.2, 0.25) is 0 Å². The molecule has 3 heteroatoms. The molecule has 0 bridgehead atoms. The van der Waals surface area contributed by atoms with Gasteiger partial charge in [0.1, 0.15) is 5.82 Å². The summed E-state index contributed by atoms with van der Waals surface area (Å²) in [5, 5.41) is 8.87. The Bertz CT molecular complexity index is 568. The number of benzene rings is 1. The van der Waals surface area contributed by atoms with Crippen LogP contribution in [-0.4, -0.2) is 9.97 Å². The first-order chi connectivity index (χ1) is 8.20. The van der Waals surface area contributed by atoms with Crippen LogP contribution in [0.25, 0.3) is 11.3 Å². The lowest BCUT2D eigenvalue weighted by Gasteiger charge is -2.06. The summed E-state index contributed by atoms with van der Waals surface area (Å²) in [6.07, 6.45) is 1.76. The van der Waals surface area contributed by atoms with E-state index in [1.165, 1.54) is 0 Å². The molecule has 0 saturated heterocycles. The van der Waals surface area contributed by atoms with Crippen LogP contribution < -0.4 is 0 Å². The fourth-order valence-electron chi connectivity index (χ4n) is 1.56. The standard InChI is InChI=1S/C14H13N3/c1-10(2)14-16-7-6-13(17-14)12-5-3-4-11(8-12)9-15/h3-8,10H,1-2H3. The quantitative estimate of drug-likeness (QED) is 0.785. The number of hydrogen-bond donors (Lipinski definition) is 0. The zero-order chi connectivity index (χ0) is 12.3. The molecular formula is C14H13N3. The molecule has 2 aromatic rings. The van der Waals surface area contributed by atoms with Gasteiger partial charge in [0.05, 0.1) is 17.3 Å². The van der Waals surface area contributed by atoms with E-state index < -0.39 is 0 Å². The molecule has 0 atom stereocenters. The van der Waals surface area contributed by atoms with Crippen molar-refractivity contribution in [2.75, 3.05) is 0 Å². The van der Waals surface area contributed by atoms with E-state index in [-0.39, 0.29) is 0 Å². The summed E-state index contributed by atoms with van der Waals surface area (Å²) in [5.74, 6) is 1.12. The van der Waals surface area contributed by atoms with E-state index in [4.69, 9.17) is 5.26 Å². The van der Waals surface area contributed by atoms with Crippen LogP contribution in [0.3, 0.4) is 0 Å². The summed E-state index contributed by atoms with van der Waals surface area (Å²) in [7, 11) is 0. The van der Waals surface area contributed by atoms with Gasteiger partial charge >= 0.3 is 0 Å². The zero-order valence-corrected chi connectivity index (χ0v) is 9.88. The average molecular weight is 223 g/mol. The van der Waals surface area contributed by atoms with E-state index in [1.807, 2.05) is 24.3 Å². The molecule has 0 fully saturated rings. The Morgan fingerprint density at radius 2 is 2.06 bits per heavy atom.